The summed E-state index contributed by atoms with van der Waals surface area (Å²) in [6, 6.07) is 0. The van der Waals surface area contributed by atoms with Gasteiger partial charge >= 0.3 is 0 Å². The van der Waals surface area contributed by atoms with Crippen molar-refractivity contribution in [1.82, 2.24) is 0 Å². The first-order chi connectivity index (χ1) is 16.2. The summed E-state index contributed by atoms with van der Waals surface area (Å²) in [5.74, 6) is 2.02. The van der Waals surface area contributed by atoms with E-state index in [2.05, 4.69) is 101 Å². The molecule has 0 aliphatic heterocycles. The van der Waals surface area contributed by atoms with Gasteiger partial charge in [-0.1, -0.05) is 74.0 Å². The maximum Gasteiger partial charge on any atom is 0.193 e. The maximum absolute atomic E-state index is 7.07. The summed E-state index contributed by atoms with van der Waals surface area (Å²) >= 11 is 0. The van der Waals surface area contributed by atoms with Gasteiger partial charge in [-0.3, -0.25) is 0 Å². The van der Waals surface area contributed by atoms with Crippen molar-refractivity contribution in [2.45, 2.75) is 155 Å². The predicted octanol–water partition coefficient (Wildman–Crippen LogP) is 9.35. The molecule has 0 N–H and O–H groups in total. The normalized spacial score (nSPS) is 36.8. The van der Waals surface area contributed by atoms with Gasteiger partial charge in [-0.2, -0.15) is 0 Å². The molecule has 2 saturated carbocycles. The minimum atomic E-state index is -1.82. The van der Waals surface area contributed by atoms with Crippen LogP contribution in [-0.4, -0.2) is 41.1 Å². The second-order valence-corrected chi connectivity index (χ2v) is 25.7. The Bertz CT molecular complexity index is 793. The Kier molecular flexibility index (Phi) is 8.69. The fourth-order valence-corrected chi connectivity index (χ4v) is 9.97. The molecule has 0 aromatic rings. The summed E-state index contributed by atoms with van der Waals surface area (Å²) < 4.78 is 20.5. The highest BCUT2D eigenvalue weighted by Gasteiger charge is 2.54. The van der Waals surface area contributed by atoms with Crippen molar-refractivity contribution >= 4 is 16.6 Å². The fraction of sp³-hybridized carbons (Fsp3) is 0.935. The zero-order valence-corrected chi connectivity index (χ0v) is 28.2. The summed E-state index contributed by atoms with van der Waals surface area (Å²) in [6.07, 6.45) is 12.7. The second-order valence-electron chi connectivity index (χ2n) is 16.2. The van der Waals surface area contributed by atoms with E-state index in [-0.39, 0.29) is 21.8 Å². The summed E-state index contributed by atoms with van der Waals surface area (Å²) in [6.45, 7) is 31.8. The molecular weight excluding hydrogens is 477 g/mol. The van der Waals surface area contributed by atoms with Crippen molar-refractivity contribution in [3.63, 3.8) is 0 Å². The van der Waals surface area contributed by atoms with Crippen LogP contribution in [0.25, 0.3) is 0 Å². The van der Waals surface area contributed by atoms with Gasteiger partial charge in [0.2, 0.25) is 0 Å². The Labute approximate surface area is 226 Å². The number of rotatable bonds is 8. The third-order valence-corrected chi connectivity index (χ3v) is 20.3. The van der Waals surface area contributed by atoms with Crippen LogP contribution in [0.5, 0.6) is 0 Å². The highest BCUT2D eigenvalue weighted by atomic mass is 28.4. The second kappa shape index (κ2) is 10.2. The zero-order chi connectivity index (χ0) is 27.4. The van der Waals surface area contributed by atoms with Crippen molar-refractivity contribution < 1.29 is 13.6 Å². The molecule has 2 fully saturated rings. The van der Waals surface area contributed by atoms with Gasteiger partial charge in [0, 0.05) is 12.5 Å². The van der Waals surface area contributed by atoms with Gasteiger partial charge in [0.15, 0.2) is 16.6 Å². The molecule has 0 radical (unpaired) electrons. The van der Waals surface area contributed by atoms with E-state index in [1.807, 2.05) is 0 Å². The maximum atomic E-state index is 7.07. The van der Waals surface area contributed by atoms with Crippen LogP contribution in [0.2, 0.25) is 36.3 Å². The van der Waals surface area contributed by atoms with E-state index in [0.29, 0.717) is 23.4 Å². The molecule has 2 unspecified atom stereocenters. The first-order valence-corrected chi connectivity index (χ1v) is 20.7. The summed E-state index contributed by atoms with van der Waals surface area (Å²) in [5.41, 5.74) is 0.193. The van der Waals surface area contributed by atoms with Crippen LogP contribution in [0.1, 0.15) is 101 Å². The molecule has 7 atom stereocenters. The Hall–Kier alpha value is 0.0538. The number of hydrogen-bond acceptors (Lipinski definition) is 3. The van der Waals surface area contributed by atoms with Gasteiger partial charge in [-0.05, 0) is 92.0 Å². The molecule has 210 valence electrons. The first kappa shape index (κ1) is 30.6. The third kappa shape index (κ3) is 6.27. The fourth-order valence-electron chi connectivity index (χ4n) is 6.96. The minimum Gasteiger partial charge on any atom is -0.414 e. The Morgan fingerprint density at radius 1 is 0.917 bits per heavy atom. The van der Waals surface area contributed by atoms with Gasteiger partial charge in [-0.15, -0.1) is 0 Å². The van der Waals surface area contributed by atoms with E-state index in [1.165, 1.54) is 32.1 Å². The third-order valence-electron chi connectivity index (χ3n) is 11.2. The smallest absolute Gasteiger partial charge is 0.193 e. The summed E-state index contributed by atoms with van der Waals surface area (Å²) in [7, 11) is -3.57. The molecule has 3 nitrogen and oxygen atoms in total. The van der Waals surface area contributed by atoms with Crippen LogP contribution in [-0.2, 0) is 13.6 Å². The van der Waals surface area contributed by atoms with E-state index < -0.39 is 16.6 Å². The lowest BCUT2D eigenvalue weighted by molar-refractivity contribution is -0.0408. The van der Waals surface area contributed by atoms with Gasteiger partial charge in [-0.25, -0.2) is 0 Å². The minimum absolute atomic E-state index is 0.174. The van der Waals surface area contributed by atoms with Crippen LogP contribution in [0.3, 0.4) is 0 Å². The number of ether oxygens (including phenoxy) is 1. The molecule has 36 heavy (non-hydrogen) atoms. The lowest BCUT2D eigenvalue weighted by atomic mass is 9.62. The Balaban J connectivity index is 1.58. The molecule has 0 aromatic heterocycles. The Morgan fingerprint density at radius 2 is 1.53 bits per heavy atom. The molecule has 0 saturated heterocycles. The van der Waals surface area contributed by atoms with Gasteiger partial charge in [0.05, 0.1) is 18.3 Å². The molecule has 0 heterocycles. The molecule has 3 aliphatic carbocycles. The average molecular weight is 537 g/mol. The molecule has 0 aromatic carbocycles. The van der Waals surface area contributed by atoms with Crippen LogP contribution >= 0.6 is 0 Å². The SMILES string of the molecule is C[C@@H](CO[C@H]1C=C[C@](C)(O[Si](C)(C)C(C)(C)C)C1)[C@H]1CCC2C(O[Si](C)(C)C(C)(C)C)CCC[C@@]21C. The molecule has 3 rings (SSSR count). The van der Waals surface area contributed by atoms with E-state index in [4.69, 9.17) is 13.6 Å². The quantitative estimate of drug-likeness (QED) is 0.228. The van der Waals surface area contributed by atoms with Gasteiger partial charge < -0.3 is 13.6 Å². The lowest BCUT2D eigenvalue weighted by Crippen LogP contribution is -2.50. The molecular formula is C31H60O3Si2. The van der Waals surface area contributed by atoms with Crippen molar-refractivity contribution in [3.8, 4) is 0 Å². The number of hydrogen-bond donors (Lipinski definition) is 0. The molecule has 0 spiro atoms. The lowest BCUT2D eigenvalue weighted by Gasteiger charge is -2.50. The average Bonchev–Trinajstić information content (AvgIpc) is 3.24. The Morgan fingerprint density at radius 3 is 2.11 bits per heavy atom. The predicted molar refractivity (Wildman–Crippen MR) is 160 cm³/mol. The van der Waals surface area contributed by atoms with Crippen LogP contribution in [0, 0.1) is 23.2 Å². The van der Waals surface area contributed by atoms with Crippen LogP contribution in [0.4, 0.5) is 0 Å². The standard InChI is InChI=1S/C31H60O3Si2/c1-23(22-32-24-18-20-30(8,21-24)34-36(12,13)29(5,6)7)25-16-17-26-27(15-14-19-31(25,26)9)33-35(10,11)28(2,3)4/h18,20,23-27H,14-17,19,21-22H2,1-13H3/t23-,24-,25+,26?,27?,30-,31+/m0/s1. The van der Waals surface area contributed by atoms with Gasteiger partial charge in [0.25, 0.3) is 0 Å². The van der Waals surface area contributed by atoms with Crippen molar-refractivity contribution in [2.24, 2.45) is 23.2 Å². The zero-order valence-electron chi connectivity index (χ0n) is 26.2. The van der Waals surface area contributed by atoms with Crippen LogP contribution in [0.15, 0.2) is 12.2 Å². The van der Waals surface area contributed by atoms with E-state index in [0.717, 1.165) is 18.9 Å². The molecule has 5 heteroatoms. The van der Waals surface area contributed by atoms with E-state index in [9.17, 15) is 0 Å². The highest BCUT2D eigenvalue weighted by molar-refractivity contribution is 6.74. The highest BCUT2D eigenvalue weighted by Crippen LogP contribution is 2.59. The first-order valence-electron chi connectivity index (χ1n) is 14.9. The van der Waals surface area contributed by atoms with E-state index >= 15 is 0 Å². The summed E-state index contributed by atoms with van der Waals surface area (Å²) in [4.78, 5) is 0. The molecule has 0 bridgehead atoms. The van der Waals surface area contributed by atoms with Crippen molar-refractivity contribution in [3.05, 3.63) is 12.2 Å². The van der Waals surface area contributed by atoms with Crippen molar-refractivity contribution in [2.75, 3.05) is 6.61 Å². The number of fused-ring (bicyclic) bond motifs is 1. The van der Waals surface area contributed by atoms with E-state index in [1.54, 1.807) is 0 Å². The van der Waals surface area contributed by atoms with Gasteiger partial charge in [0.1, 0.15) is 0 Å². The molecule has 3 aliphatic rings. The van der Waals surface area contributed by atoms with Crippen molar-refractivity contribution in [1.29, 1.82) is 0 Å². The summed E-state index contributed by atoms with van der Waals surface area (Å²) in [5, 5.41) is 0.496. The molecule has 0 amide bonds. The topological polar surface area (TPSA) is 27.7 Å². The largest absolute Gasteiger partial charge is 0.414 e. The monoisotopic (exact) mass is 536 g/mol. The van der Waals surface area contributed by atoms with Crippen LogP contribution < -0.4 is 0 Å².